The molecule has 0 fully saturated rings. The zero-order chi connectivity index (χ0) is 22.7. The van der Waals surface area contributed by atoms with Gasteiger partial charge in [-0.2, -0.15) is 0 Å². The zero-order valence-corrected chi connectivity index (χ0v) is 18.1. The second-order valence-electron chi connectivity index (χ2n) is 7.52. The number of nitrogens with one attached hydrogen (secondary N) is 1. The number of carboxylic acid groups (broad SMARTS) is 1. The van der Waals surface area contributed by atoms with Gasteiger partial charge in [-0.1, -0.05) is 60.1 Å². The summed E-state index contributed by atoms with van der Waals surface area (Å²) >= 11 is 6.03. The molecule has 1 amide bonds. The molecule has 7 heteroatoms. The van der Waals surface area contributed by atoms with Crippen molar-refractivity contribution in [1.82, 2.24) is 5.32 Å². The van der Waals surface area contributed by atoms with Gasteiger partial charge in [-0.05, 0) is 46.0 Å². The minimum Gasteiger partial charge on any atom is -0.496 e. The van der Waals surface area contributed by atoms with E-state index in [1.165, 1.54) is 7.11 Å². The average molecular weight is 452 g/mol. The van der Waals surface area contributed by atoms with Crippen LogP contribution in [0.25, 0.3) is 11.1 Å². The average Bonchev–Trinajstić information content (AvgIpc) is 3.11. The van der Waals surface area contributed by atoms with E-state index in [2.05, 4.69) is 5.32 Å². The highest BCUT2D eigenvalue weighted by molar-refractivity contribution is 6.30. The topological polar surface area (TPSA) is 84.9 Å². The number of carboxylic acids is 1. The quantitative estimate of drug-likeness (QED) is 0.534. The first kappa shape index (κ1) is 21.7. The van der Waals surface area contributed by atoms with Crippen LogP contribution in [0.1, 0.15) is 22.6 Å². The predicted molar refractivity (Wildman–Crippen MR) is 121 cm³/mol. The van der Waals surface area contributed by atoms with Crippen molar-refractivity contribution in [2.45, 2.75) is 18.4 Å². The van der Waals surface area contributed by atoms with Crippen LogP contribution >= 0.6 is 11.6 Å². The Bertz CT molecular complexity index is 1120. The number of hydrogen-bond acceptors (Lipinski definition) is 4. The van der Waals surface area contributed by atoms with Gasteiger partial charge in [0.05, 0.1) is 7.11 Å². The summed E-state index contributed by atoms with van der Waals surface area (Å²) < 4.78 is 10.7. The standard InChI is InChI=1S/C25H22ClNO5/c1-31-23-11-10-16(26)12-15(23)13-22(24(28)29)27-25(30)32-14-21-19-8-4-2-6-17(19)18-7-3-5-9-20(18)21/h2-12,21-22H,13-14H2,1H3,(H,27,30)(H,28,29)/t22-/m0/s1. The fourth-order valence-corrected chi connectivity index (χ4v) is 4.30. The van der Waals surface area contributed by atoms with Crippen LogP contribution in [0.15, 0.2) is 66.7 Å². The van der Waals surface area contributed by atoms with Crippen molar-refractivity contribution in [3.63, 3.8) is 0 Å². The van der Waals surface area contributed by atoms with E-state index in [0.717, 1.165) is 22.3 Å². The van der Waals surface area contributed by atoms with Crippen LogP contribution < -0.4 is 10.1 Å². The summed E-state index contributed by atoms with van der Waals surface area (Å²) in [5, 5.41) is 12.5. The summed E-state index contributed by atoms with van der Waals surface area (Å²) in [7, 11) is 1.49. The monoisotopic (exact) mass is 451 g/mol. The Hall–Kier alpha value is -3.51. The van der Waals surface area contributed by atoms with Crippen molar-refractivity contribution in [3.05, 3.63) is 88.4 Å². The lowest BCUT2D eigenvalue weighted by atomic mass is 9.98. The fourth-order valence-electron chi connectivity index (χ4n) is 4.11. The van der Waals surface area contributed by atoms with E-state index < -0.39 is 18.1 Å². The number of hydrogen-bond donors (Lipinski definition) is 2. The Balaban J connectivity index is 1.45. The van der Waals surface area contributed by atoms with Crippen molar-refractivity contribution in [1.29, 1.82) is 0 Å². The molecule has 3 aromatic carbocycles. The fraction of sp³-hybridized carbons (Fsp3) is 0.200. The molecule has 164 valence electrons. The van der Waals surface area contributed by atoms with Gasteiger partial charge in [-0.25, -0.2) is 9.59 Å². The van der Waals surface area contributed by atoms with Crippen LogP contribution in [0.4, 0.5) is 4.79 Å². The van der Waals surface area contributed by atoms with Crippen molar-refractivity contribution in [3.8, 4) is 16.9 Å². The van der Waals surface area contributed by atoms with Crippen LogP contribution in [0.2, 0.25) is 5.02 Å². The molecule has 6 nitrogen and oxygen atoms in total. The van der Waals surface area contributed by atoms with Gasteiger partial charge in [-0.15, -0.1) is 0 Å². The molecule has 3 aromatic rings. The number of aliphatic carboxylic acids is 1. The molecule has 0 bridgehead atoms. The van der Waals surface area contributed by atoms with Crippen LogP contribution in [-0.2, 0) is 16.0 Å². The Morgan fingerprint density at radius 1 is 1.03 bits per heavy atom. The van der Waals surface area contributed by atoms with Crippen LogP contribution in [0.3, 0.4) is 0 Å². The first-order chi connectivity index (χ1) is 15.5. The number of benzene rings is 3. The lowest BCUT2D eigenvalue weighted by Crippen LogP contribution is -2.43. The molecule has 32 heavy (non-hydrogen) atoms. The highest BCUT2D eigenvalue weighted by atomic mass is 35.5. The number of alkyl carbamates (subject to hydrolysis) is 1. The molecule has 1 aliphatic carbocycles. The number of halogens is 1. The third kappa shape index (κ3) is 4.41. The summed E-state index contributed by atoms with van der Waals surface area (Å²) in [6.45, 7) is 0.104. The molecule has 0 aromatic heterocycles. The lowest BCUT2D eigenvalue weighted by Gasteiger charge is -2.18. The molecular weight excluding hydrogens is 430 g/mol. The third-order valence-corrected chi connectivity index (χ3v) is 5.84. The van der Waals surface area contributed by atoms with Gasteiger partial charge >= 0.3 is 12.1 Å². The first-order valence-corrected chi connectivity index (χ1v) is 10.5. The molecule has 0 saturated carbocycles. The lowest BCUT2D eigenvalue weighted by molar-refractivity contribution is -0.139. The van der Waals surface area contributed by atoms with Crippen LogP contribution in [0, 0.1) is 0 Å². The van der Waals surface area contributed by atoms with Gasteiger partial charge in [-0.3, -0.25) is 0 Å². The SMILES string of the molecule is COc1ccc(Cl)cc1C[C@H](NC(=O)OCC1c2ccccc2-c2ccccc21)C(=O)O. The van der Waals surface area contributed by atoms with E-state index in [0.29, 0.717) is 16.3 Å². The largest absolute Gasteiger partial charge is 0.496 e. The van der Waals surface area contributed by atoms with Gasteiger partial charge < -0.3 is 19.9 Å². The first-order valence-electron chi connectivity index (χ1n) is 10.1. The number of carbonyl (C=O) groups is 2. The second-order valence-corrected chi connectivity index (χ2v) is 7.96. The molecule has 0 saturated heterocycles. The Kier molecular flexibility index (Phi) is 6.32. The van der Waals surface area contributed by atoms with Gasteiger partial charge in [0.25, 0.3) is 0 Å². The molecule has 0 spiro atoms. The summed E-state index contributed by atoms with van der Waals surface area (Å²) in [5.41, 5.74) is 4.98. The maximum Gasteiger partial charge on any atom is 0.407 e. The Morgan fingerprint density at radius 3 is 2.25 bits per heavy atom. The minimum atomic E-state index is -1.20. The highest BCUT2D eigenvalue weighted by Gasteiger charge is 2.30. The smallest absolute Gasteiger partial charge is 0.407 e. The van der Waals surface area contributed by atoms with E-state index in [4.69, 9.17) is 21.1 Å². The number of fused-ring (bicyclic) bond motifs is 3. The van der Waals surface area contributed by atoms with E-state index in [1.807, 2.05) is 48.5 Å². The van der Waals surface area contributed by atoms with E-state index in [-0.39, 0.29) is 18.9 Å². The number of amides is 1. The molecule has 0 heterocycles. The zero-order valence-electron chi connectivity index (χ0n) is 17.4. The van der Waals surface area contributed by atoms with Gasteiger partial charge in [0.15, 0.2) is 0 Å². The van der Waals surface area contributed by atoms with Crippen LogP contribution in [0.5, 0.6) is 5.75 Å². The number of ether oxygens (including phenoxy) is 2. The van der Waals surface area contributed by atoms with Crippen molar-refractivity contribution >= 4 is 23.7 Å². The van der Waals surface area contributed by atoms with E-state index in [9.17, 15) is 14.7 Å². The number of methoxy groups -OCH3 is 1. The Labute approximate surface area is 190 Å². The summed E-state index contributed by atoms with van der Waals surface area (Å²) in [4.78, 5) is 24.3. The van der Waals surface area contributed by atoms with Gasteiger partial charge in [0, 0.05) is 17.4 Å². The number of rotatable bonds is 7. The molecular formula is C25H22ClNO5. The maximum absolute atomic E-state index is 12.5. The predicted octanol–water partition coefficient (Wildman–Crippen LogP) is 4.88. The van der Waals surface area contributed by atoms with Crippen molar-refractivity contribution < 1.29 is 24.2 Å². The molecule has 2 N–H and O–H groups in total. The molecule has 1 aliphatic rings. The molecule has 0 radical (unpaired) electrons. The summed E-state index contributed by atoms with van der Waals surface area (Å²) in [6, 6.07) is 19.7. The summed E-state index contributed by atoms with van der Waals surface area (Å²) in [5.74, 6) is -0.792. The minimum absolute atomic E-state index is 0.00324. The summed E-state index contributed by atoms with van der Waals surface area (Å²) in [6.07, 6.45) is -0.788. The van der Waals surface area contributed by atoms with Crippen LogP contribution in [-0.4, -0.2) is 36.9 Å². The molecule has 0 aliphatic heterocycles. The maximum atomic E-state index is 12.5. The van der Waals surface area contributed by atoms with E-state index >= 15 is 0 Å². The number of carbonyl (C=O) groups excluding carboxylic acids is 1. The second kappa shape index (κ2) is 9.32. The molecule has 4 rings (SSSR count). The normalized spacial score (nSPS) is 13.1. The third-order valence-electron chi connectivity index (χ3n) is 5.60. The van der Waals surface area contributed by atoms with Crippen molar-refractivity contribution in [2.24, 2.45) is 0 Å². The van der Waals surface area contributed by atoms with Gasteiger partial charge in [0.1, 0.15) is 18.4 Å². The van der Waals surface area contributed by atoms with Gasteiger partial charge in [0.2, 0.25) is 0 Å². The molecule has 0 unspecified atom stereocenters. The highest BCUT2D eigenvalue weighted by Crippen LogP contribution is 2.44. The van der Waals surface area contributed by atoms with E-state index in [1.54, 1.807) is 18.2 Å². The van der Waals surface area contributed by atoms with Crippen molar-refractivity contribution in [2.75, 3.05) is 13.7 Å². The Morgan fingerprint density at radius 2 is 1.66 bits per heavy atom. The molecule has 1 atom stereocenters.